The second-order valence-electron chi connectivity index (χ2n) is 2.26. The number of carboxylic acids is 1. The molecule has 0 fully saturated rings. The van der Waals surface area contributed by atoms with Gasteiger partial charge in [-0.25, -0.2) is 9.79 Å². The first-order chi connectivity index (χ1) is 6.16. The molecule has 13 heavy (non-hydrogen) atoms. The summed E-state index contributed by atoms with van der Waals surface area (Å²) >= 11 is 4.06. The van der Waals surface area contributed by atoms with Crippen molar-refractivity contribution in [2.45, 2.75) is 4.90 Å². The molecule has 0 amide bonds. The van der Waals surface area contributed by atoms with Gasteiger partial charge in [0, 0.05) is 4.90 Å². The Morgan fingerprint density at radius 1 is 1.62 bits per heavy atom. The second-order valence-corrected chi connectivity index (χ2v) is 2.74. The van der Waals surface area contributed by atoms with E-state index in [0.717, 1.165) is 6.34 Å². The summed E-state index contributed by atoms with van der Waals surface area (Å²) in [6.07, 6.45) is 1.04. The fourth-order valence-electron chi connectivity index (χ4n) is 0.914. The van der Waals surface area contributed by atoms with E-state index < -0.39 is 5.97 Å². The predicted octanol–water partition coefficient (Wildman–Crippen LogP) is 1.29. The number of hydrogen-bond donors (Lipinski definition) is 3. The summed E-state index contributed by atoms with van der Waals surface area (Å²) < 4.78 is 0. The van der Waals surface area contributed by atoms with Crippen molar-refractivity contribution in [2.24, 2.45) is 10.7 Å². The maximum atomic E-state index is 10.7. The van der Waals surface area contributed by atoms with Gasteiger partial charge in [0.2, 0.25) is 0 Å². The van der Waals surface area contributed by atoms with Crippen LogP contribution in [-0.4, -0.2) is 17.4 Å². The van der Waals surface area contributed by atoms with Crippen LogP contribution in [0.15, 0.2) is 28.1 Å². The Bertz CT molecular complexity index is 363. The average Bonchev–Trinajstić information content (AvgIpc) is 2.08. The van der Waals surface area contributed by atoms with E-state index in [4.69, 9.17) is 10.8 Å². The number of thiol groups is 1. The molecule has 1 aromatic carbocycles. The summed E-state index contributed by atoms with van der Waals surface area (Å²) in [5.41, 5.74) is 5.45. The molecule has 0 radical (unpaired) electrons. The van der Waals surface area contributed by atoms with Gasteiger partial charge in [0.05, 0.1) is 17.6 Å². The van der Waals surface area contributed by atoms with Crippen molar-refractivity contribution in [3.8, 4) is 0 Å². The van der Waals surface area contributed by atoms with Crippen LogP contribution < -0.4 is 5.73 Å². The standard InChI is InChI=1S/C8H8N2O2S/c9-4-10-7-5(8(11)12)2-1-3-6(7)13/h1-4,13H,(H2,9,10)(H,11,12). The molecule has 0 unspecified atom stereocenters. The summed E-state index contributed by atoms with van der Waals surface area (Å²) in [5.74, 6) is -1.04. The van der Waals surface area contributed by atoms with Gasteiger partial charge in [-0.2, -0.15) is 0 Å². The summed E-state index contributed by atoms with van der Waals surface area (Å²) in [7, 11) is 0. The molecule has 0 saturated carbocycles. The highest BCUT2D eigenvalue weighted by atomic mass is 32.1. The predicted molar refractivity (Wildman–Crippen MR) is 53.0 cm³/mol. The van der Waals surface area contributed by atoms with Crippen molar-refractivity contribution in [2.75, 3.05) is 0 Å². The minimum atomic E-state index is -1.04. The Kier molecular flexibility index (Phi) is 2.92. The van der Waals surface area contributed by atoms with E-state index in [1.165, 1.54) is 6.07 Å². The van der Waals surface area contributed by atoms with Crippen LogP contribution in [0.4, 0.5) is 5.69 Å². The normalized spacial score (nSPS) is 10.5. The molecule has 0 aromatic heterocycles. The Morgan fingerprint density at radius 3 is 2.85 bits per heavy atom. The lowest BCUT2D eigenvalue weighted by atomic mass is 10.2. The zero-order valence-corrected chi connectivity index (χ0v) is 7.53. The first kappa shape index (κ1) is 9.60. The van der Waals surface area contributed by atoms with Gasteiger partial charge < -0.3 is 10.8 Å². The van der Waals surface area contributed by atoms with E-state index in [2.05, 4.69) is 17.6 Å². The van der Waals surface area contributed by atoms with Gasteiger partial charge in [-0.05, 0) is 12.1 Å². The minimum Gasteiger partial charge on any atom is -0.478 e. The topological polar surface area (TPSA) is 75.7 Å². The van der Waals surface area contributed by atoms with Crippen molar-refractivity contribution in [3.63, 3.8) is 0 Å². The third-order valence-corrected chi connectivity index (χ3v) is 1.81. The van der Waals surface area contributed by atoms with Crippen LogP contribution in [0, 0.1) is 0 Å². The van der Waals surface area contributed by atoms with Crippen LogP contribution in [0.5, 0.6) is 0 Å². The van der Waals surface area contributed by atoms with Crippen LogP contribution in [0.3, 0.4) is 0 Å². The largest absolute Gasteiger partial charge is 0.478 e. The lowest BCUT2D eigenvalue weighted by Crippen LogP contribution is -1.98. The molecule has 0 saturated heterocycles. The molecular formula is C8H8N2O2S. The van der Waals surface area contributed by atoms with Crippen LogP contribution >= 0.6 is 12.6 Å². The molecule has 0 aliphatic rings. The van der Waals surface area contributed by atoms with Crippen LogP contribution in [0.1, 0.15) is 10.4 Å². The van der Waals surface area contributed by atoms with Gasteiger partial charge in [0.1, 0.15) is 0 Å². The monoisotopic (exact) mass is 196 g/mol. The van der Waals surface area contributed by atoms with Crippen molar-refractivity contribution in [1.29, 1.82) is 0 Å². The molecule has 0 spiro atoms. The van der Waals surface area contributed by atoms with Crippen molar-refractivity contribution >= 4 is 30.6 Å². The highest BCUT2D eigenvalue weighted by Crippen LogP contribution is 2.26. The molecule has 0 aliphatic heterocycles. The van der Waals surface area contributed by atoms with E-state index in [0.29, 0.717) is 4.90 Å². The van der Waals surface area contributed by atoms with Crippen molar-refractivity contribution in [3.05, 3.63) is 23.8 Å². The SMILES string of the molecule is NC=Nc1c(S)cccc1C(=O)O. The summed E-state index contributed by atoms with van der Waals surface area (Å²) in [6, 6.07) is 4.70. The number of nitrogens with two attached hydrogens (primary N) is 1. The molecular weight excluding hydrogens is 188 g/mol. The molecule has 68 valence electrons. The number of nitrogens with zero attached hydrogens (tertiary/aromatic N) is 1. The number of aliphatic imine (C=N–C) groups is 1. The molecule has 0 aliphatic carbocycles. The maximum Gasteiger partial charge on any atom is 0.337 e. The Labute approximate surface area is 80.5 Å². The number of hydrogen-bond acceptors (Lipinski definition) is 3. The van der Waals surface area contributed by atoms with E-state index >= 15 is 0 Å². The quantitative estimate of drug-likeness (QED) is 0.379. The number of carboxylic acid groups (broad SMARTS) is 1. The summed E-state index contributed by atoms with van der Waals surface area (Å²) in [4.78, 5) is 14.9. The van der Waals surface area contributed by atoms with E-state index in [-0.39, 0.29) is 11.3 Å². The van der Waals surface area contributed by atoms with Crippen LogP contribution in [0.25, 0.3) is 0 Å². The summed E-state index contributed by atoms with van der Waals surface area (Å²) in [5, 5.41) is 8.77. The highest BCUT2D eigenvalue weighted by Gasteiger charge is 2.10. The fraction of sp³-hybridized carbons (Fsp3) is 0. The van der Waals surface area contributed by atoms with Crippen LogP contribution in [0.2, 0.25) is 0 Å². The zero-order valence-electron chi connectivity index (χ0n) is 6.64. The van der Waals surface area contributed by atoms with Gasteiger partial charge in [-0.3, -0.25) is 0 Å². The molecule has 0 bridgehead atoms. The van der Waals surface area contributed by atoms with Gasteiger partial charge in [-0.1, -0.05) is 6.07 Å². The first-order valence-electron chi connectivity index (χ1n) is 3.46. The van der Waals surface area contributed by atoms with Crippen molar-refractivity contribution < 1.29 is 9.90 Å². The highest BCUT2D eigenvalue weighted by molar-refractivity contribution is 7.80. The Morgan fingerprint density at radius 2 is 2.31 bits per heavy atom. The Balaban J connectivity index is 3.33. The molecule has 3 N–H and O–H groups in total. The summed E-state index contributed by atoms with van der Waals surface area (Å²) in [6.45, 7) is 0. The molecule has 0 heterocycles. The van der Waals surface area contributed by atoms with Crippen molar-refractivity contribution in [1.82, 2.24) is 0 Å². The van der Waals surface area contributed by atoms with Gasteiger partial charge >= 0.3 is 5.97 Å². The Hall–Kier alpha value is -1.49. The number of para-hydroxylation sites is 1. The number of carbonyl (C=O) groups is 1. The molecule has 5 heteroatoms. The van der Waals surface area contributed by atoms with E-state index in [1.54, 1.807) is 12.1 Å². The number of benzene rings is 1. The third kappa shape index (κ3) is 2.00. The molecule has 1 aromatic rings. The van der Waals surface area contributed by atoms with E-state index in [9.17, 15) is 4.79 Å². The zero-order chi connectivity index (χ0) is 9.84. The lowest BCUT2D eigenvalue weighted by Gasteiger charge is -2.02. The average molecular weight is 196 g/mol. The van der Waals surface area contributed by atoms with Crippen LogP contribution in [-0.2, 0) is 0 Å². The number of rotatable bonds is 2. The molecule has 0 atom stereocenters. The minimum absolute atomic E-state index is 0.0919. The van der Waals surface area contributed by atoms with Gasteiger partial charge in [-0.15, -0.1) is 12.6 Å². The second kappa shape index (κ2) is 3.95. The van der Waals surface area contributed by atoms with E-state index in [1.807, 2.05) is 0 Å². The smallest absolute Gasteiger partial charge is 0.337 e. The first-order valence-corrected chi connectivity index (χ1v) is 3.91. The molecule has 4 nitrogen and oxygen atoms in total. The number of aromatic carboxylic acids is 1. The molecule has 1 rings (SSSR count). The third-order valence-electron chi connectivity index (χ3n) is 1.45. The fourth-order valence-corrected chi connectivity index (χ4v) is 1.18. The lowest BCUT2D eigenvalue weighted by molar-refractivity contribution is 0.0697. The van der Waals surface area contributed by atoms with Gasteiger partial charge in [0.15, 0.2) is 0 Å². The maximum absolute atomic E-state index is 10.7. The van der Waals surface area contributed by atoms with Gasteiger partial charge in [0.25, 0.3) is 0 Å².